The van der Waals surface area contributed by atoms with E-state index in [2.05, 4.69) is 26.0 Å². The van der Waals surface area contributed by atoms with Gasteiger partial charge in [0.1, 0.15) is 36.6 Å². The molecule has 2 saturated heterocycles. The number of hydrogen-bond donors (Lipinski definition) is 10. The first-order chi connectivity index (χ1) is 25.8. The Balaban J connectivity index is 1.08. The second-order valence-electron chi connectivity index (χ2n) is 18.6. The summed E-state index contributed by atoms with van der Waals surface area (Å²) in [6.45, 7) is 10.2. The molecule has 6 fully saturated rings. The van der Waals surface area contributed by atoms with Crippen LogP contribution in [0.25, 0.3) is 0 Å². The molecule has 15 nitrogen and oxygen atoms in total. The first-order valence-corrected chi connectivity index (χ1v) is 20.4. The molecule has 0 aromatic carbocycles. The van der Waals surface area contributed by atoms with Crippen LogP contribution in [0, 0.1) is 52.3 Å². The lowest BCUT2D eigenvalue weighted by Gasteiger charge is -2.66. The van der Waals surface area contributed by atoms with Gasteiger partial charge in [0.25, 0.3) is 0 Å². The normalized spacial score (nSPS) is 52.8. The monoisotopic (exact) mass is 788 g/mol. The van der Waals surface area contributed by atoms with Crippen LogP contribution in [-0.4, -0.2) is 163 Å². The molecule has 4 saturated carbocycles. The smallest absolute Gasteiger partial charge is 0.186 e. The summed E-state index contributed by atoms with van der Waals surface area (Å²) >= 11 is 0. The zero-order valence-corrected chi connectivity index (χ0v) is 33.1. The zero-order chi connectivity index (χ0) is 40.4. The lowest BCUT2D eigenvalue weighted by atomic mass is 9.41. The van der Waals surface area contributed by atoms with E-state index < -0.39 is 108 Å². The molecule has 318 valence electrons. The molecule has 10 N–H and O–H groups in total. The second-order valence-corrected chi connectivity index (χ2v) is 18.6. The van der Waals surface area contributed by atoms with Crippen molar-refractivity contribution in [2.24, 2.45) is 52.3 Å². The molecule has 6 aliphatic rings. The van der Waals surface area contributed by atoms with E-state index in [0.717, 1.165) is 0 Å². The van der Waals surface area contributed by atoms with Crippen LogP contribution in [0.1, 0.15) is 73.1 Å². The van der Waals surface area contributed by atoms with Gasteiger partial charge in [0.05, 0.1) is 55.9 Å². The summed E-state index contributed by atoms with van der Waals surface area (Å²) in [5.74, 6) is -1.89. The van der Waals surface area contributed by atoms with Crippen molar-refractivity contribution >= 4 is 0 Å². The van der Waals surface area contributed by atoms with E-state index >= 15 is 0 Å². The van der Waals surface area contributed by atoms with E-state index in [1.54, 1.807) is 0 Å². The van der Waals surface area contributed by atoms with Crippen molar-refractivity contribution in [3.05, 3.63) is 12.2 Å². The highest BCUT2D eigenvalue weighted by Crippen LogP contribution is 2.69. The first kappa shape index (κ1) is 43.7. The zero-order valence-electron chi connectivity index (χ0n) is 33.1. The number of aliphatic hydroxyl groups is 10. The third kappa shape index (κ3) is 7.61. The average molecular weight is 789 g/mol. The number of fused-ring (bicyclic) bond motifs is 5. The van der Waals surface area contributed by atoms with E-state index in [1.807, 2.05) is 20.8 Å². The first-order valence-electron chi connectivity index (χ1n) is 20.4. The van der Waals surface area contributed by atoms with Crippen LogP contribution >= 0.6 is 0 Å². The molecular formula is C40H68O15. The fraction of sp³-hybridized carbons (Fsp3) is 0.950. The molecule has 0 spiro atoms. The predicted octanol–water partition coefficient (Wildman–Crippen LogP) is -0.568. The average Bonchev–Trinajstić information content (AvgIpc) is 3.33. The molecule has 55 heavy (non-hydrogen) atoms. The van der Waals surface area contributed by atoms with E-state index in [1.165, 1.54) is 7.11 Å². The molecule has 0 aromatic rings. The summed E-state index contributed by atoms with van der Waals surface area (Å²) < 4.78 is 28.4. The van der Waals surface area contributed by atoms with Gasteiger partial charge in [-0.15, -0.1) is 0 Å². The number of hydrogen-bond acceptors (Lipinski definition) is 15. The van der Waals surface area contributed by atoms with Gasteiger partial charge < -0.3 is 74.7 Å². The molecule has 22 atom stereocenters. The molecule has 2 aliphatic heterocycles. The largest absolute Gasteiger partial charge is 0.393 e. The molecule has 0 amide bonds. The summed E-state index contributed by atoms with van der Waals surface area (Å²) in [4.78, 5) is 0. The van der Waals surface area contributed by atoms with Crippen LogP contribution in [-0.2, 0) is 23.7 Å². The maximum atomic E-state index is 12.6. The van der Waals surface area contributed by atoms with E-state index in [0.29, 0.717) is 32.1 Å². The second kappa shape index (κ2) is 16.7. The van der Waals surface area contributed by atoms with Crippen molar-refractivity contribution in [2.75, 3.05) is 26.9 Å². The lowest BCUT2D eigenvalue weighted by molar-refractivity contribution is -0.330. The maximum Gasteiger partial charge on any atom is 0.186 e. The molecule has 2 unspecified atom stereocenters. The molecule has 0 aromatic heterocycles. The van der Waals surface area contributed by atoms with Crippen LogP contribution in [0.5, 0.6) is 0 Å². The summed E-state index contributed by atoms with van der Waals surface area (Å²) in [5.41, 5.74) is -2.75. The van der Waals surface area contributed by atoms with Crippen molar-refractivity contribution in [3.63, 3.8) is 0 Å². The molecule has 2 heterocycles. The number of aliphatic hydroxyl groups excluding tert-OH is 9. The topological polar surface area (TPSA) is 248 Å². The third-order valence-electron chi connectivity index (χ3n) is 15.2. The fourth-order valence-electron chi connectivity index (χ4n) is 12.3. The van der Waals surface area contributed by atoms with Gasteiger partial charge in [-0.1, -0.05) is 46.8 Å². The molecule has 6 rings (SSSR count). The van der Waals surface area contributed by atoms with E-state index in [4.69, 9.17) is 23.7 Å². The van der Waals surface area contributed by atoms with Gasteiger partial charge in [0.2, 0.25) is 0 Å². The maximum absolute atomic E-state index is 12.6. The number of methoxy groups -OCH3 is 1. The summed E-state index contributed by atoms with van der Waals surface area (Å²) in [6.07, 6.45) is -7.96. The Hall–Kier alpha value is -0.860. The van der Waals surface area contributed by atoms with Crippen molar-refractivity contribution in [3.8, 4) is 0 Å². The Morgan fingerprint density at radius 1 is 0.727 bits per heavy atom. The van der Waals surface area contributed by atoms with E-state index in [9.17, 15) is 51.1 Å². The Morgan fingerprint density at radius 2 is 1.40 bits per heavy atom. The van der Waals surface area contributed by atoms with Crippen LogP contribution < -0.4 is 0 Å². The summed E-state index contributed by atoms with van der Waals surface area (Å²) in [7, 11) is 1.40. The Morgan fingerprint density at radius 3 is 2.07 bits per heavy atom. The van der Waals surface area contributed by atoms with Gasteiger partial charge in [0, 0.05) is 25.4 Å². The van der Waals surface area contributed by atoms with Crippen molar-refractivity contribution in [1.29, 1.82) is 0 Å². The van der Waals surface area contributed by atoms with Gasteiger partial charge in [-0.3, -0.25) is 0 Å². The van der Waals surface area contributed by atoms with Crippen LogP contribution in [0.3, 0.4) is 0 Å². The third-order valence-corrected chi connectivity index (χ3v) is 15.2. The molecule has 4 aliphatic carbocycles. The summed E-state index contributed by atoms with van der Waals surface area (Å²) in [6, 6.07) is 0. The van der Waals surface area contributed by atoms with E-state index in [-0.39, 0.29) is 55.8 Å². The van der Waals surface area contributed by atoms with Crippen LogP contribution in [0.4, 0.5) is 0 Å². The highest BCUT2D eigenvalue weighted by Gasteiger charge is 2.73. The SMILES string of the molecule is CO[C@@H]1[C@@H](O)[C@H](OCC[C@H](/C=C/[C@@H](C)[C@H]2[C@@H](O)[C@@H](O)[C@@H]3[C@]2(C)CCC2[C@@]4(C)CC[C@H](O)[C@H](O)C4[C@@H](O)C[C@]23O)C(C)C)OC[C@H]1O[C@@H]1OC[C@H](O)[C@H](O)[C@H]1O. The molecule has 0 radical (unpaired) electrons. The van der Waals surface area contributed by atoms with Crippen LogP contribution in [0.2, 0.25) is 0 Å². The van der Waals surface area contributed by atoms with Gasteiger partial charge in [-0.25, -0.2) is 0 Å². The highest BCUT2D eigenvalue weighted by molar-refractivity contribution is 5.23. The van der Waals surface area contributed by atoms with Crippen molar-refractivity contribution < 1.29 is 74.7 Å². The Kier molecular flexibility index (Phi) is 13.2. The predicted molar refractivity (Wildman–Crippen MR) is 195 cm³/mol. The number of ether oxygens (including phenoxy) is 5. The van der Waals surface area contributed by atoms with Gasteiger partial charge in [0.15, 0.2) is 12.6 Å². The van der Waals surface area contributed by atoms with Gasteiger partial charge in [-0.05, 0) is 72.5 Å². The molecule has 0 bridgehead atoms. The summed E-state index contributed by atoms with van der Waals surface area (Å²) in [5, 5.41) is 110. The van der Waals surface area contributed by atoms with Crippen molar-refractivity contribution in [2.45, 2.75) is 158 Å². The minimum absolute atomic E-state index is 0.0382. The molecule has 15 heteroatoms. The minimum atomic E-state index is -1.50. The highest BCUT2D eigenvalue weighted by atomic mass is 16.7. The Bertz CT molecular complexity index is 1320. The number of allylic oxidation sites excluding steroid dienone is 2. The van der Waals surface area contributed by atoms with Gasteiger partial charge in [-0.2, -0.15) is 0 Å². The molecular weight excluding hydrogens is 720 g/mol. The van der Waals surface area contributed by atoms with Gasteiger partial charge >= 0.3 is 0 Å². The minimum Gasteiger partial charge on any atom is -0.393 e. The Labute approximate surface area is 324 Å². The quantitative estimate of drug-likeness (QED) is 0.118. The fourth-order valence-corrected chi connectivity index (χ4v) is 12.3. The number of rotatable bonds is 11. The lowest BCUT2D eigenvalue weighted by Crippen LogP contribution is -2.71. The standard InChI is InChI=1S/C40H68O15/c1-18(2)20(11-14-52-36-33(49)34(51-6)24(17-54-36)55-37-32(48)29(45)23(43)16-53-37)8-7-19(3)26-30(46)31(47)35-39(26,5)13-10-25-38(4)12-9-21(41)28(44)27(38)22(42)15-40(25,35)50/h7-8,18-37,41-50H,9-17H2,1-6H3/b8-7+/t19-,20+,21+,22+,23+,24-,25?,26+,27?,28+,29+,30-,31-,32-,33-,34+,35-,36-,37+,38-,39-,40+/m1/s1. The van der Waals surface area contributed by atoms with Crippen LogP contribution in [0.15, 0.2) is 12.2 Å². The van der Waals surface area contributed by atoms with Crippen molar-refractivity contribution in [1.82, 2.24) is 0 Å².